The highest BCUT2D eigenvalue weighted by Gasteiger charge is 2.22. The lowest BCUT2D eigenvalue weighted by atomic mass is 9.77. The third-order valence-electron chi connectivity index (χ3n) is 4.64. The van der Waals surface area contributed by atoms with Crippen molar-refractivity contribution in [2.24, 2.45) is 5.92 Å². The molecule has 2 nitrogen and oxygen atoms in total. The van der Waals surface area contributed by atoms with Crippen molar-refractivity contribution in [2.45, 2.75) is 51.4 Å². The molecule has 21 heavy (non-hydrogen) atoms. The molecule has 112 valence electrons. The molecule has 0 heterocycles. The van der Waals surface area contributed by atoms with Crippen LogP contribution in [-0.2, 0) is 0 Å². The predicted molar refractivity (Wildman–Crippen MR) is 86.5 cm³/mol. The van der Waals surface area contributed by atoms with Crippen molar-refractivity contribution in [3.63, 3.8) is 0 Å². The molecule has 0 bridgehead atoms. The van der Waals surface area contributed by atoms with Gasteiger partial charge in [0.25, 0.3) is 0 Å². The molecule has 0 saturated heterocycles. The third kappa shape index (κ3) is 4.11. The second kappa shape index (κ2) is 7.88. The molecule has 1 aromatic carbocycles. The molecule has 2 heteroatoms. The molecule has 0 amide bonds. The van der Waals surface area contributed by atoms with E-state index in [4.69, 9.17) is 10.00 Å². The van der Waals surface area contributed by atoms with E-state index < -0.39 is 0 Å². The van der Waals surface area contributed by atoms with Gasteiger partial charge in [-0.15, -0.1) is 0 Å². The van der Waals surface area contributed by atoms with Gasteiger partial charge in [-0.2, -0.15) is 5.26 Å². The Hall–Kier alpha value is -1.75. The van der Waals surface area contributed by atoms with E-state index in [9.17, 15) is 0 Å². The first kappa shape index (κ1) is 15.6. The van der Waals surface area contributed by atoms with Crippen LogP contribution >= 0.6 is 0 Å². The Balaban J connectivity index is 1.94. The molecule has 0 aromatic heterocycles. The standard InChI is InChI=1S/C19H25NO/c1-3-4-5-6-15-7-9-16(10-8-15)17-11-12-18(14-20)19(13-17)21-2/h3-4,11-13,15-16H,5-10H2,1-2H3. The molecule has 2 rings (SSSR count). The fourth-order valence-electron chi connectivity index (χ4n) is 3.34. The number of hydrogen-bond acceptors (Lipinski definition) is 2. The third-order valence-corrected chi connectivity index (χ3v) is 4.64. The topological polar surface area (TPSA) is 33.0 Å². The van der Waals surface area contributed by atoms with Crippen LogP contribution in [0, 0.1) is 17.2 Å². The van der Waals surface area contributed by atoms with E-state index in [1.54, 1.807) is 7.11 Å². The zero-order valence-corrected chi connectivity index (χ0v) is 13.1. The highest BCUT2D eigenvalue weighted by molar-refractivity contribution is 5.46. The zero-order valence-electron chi connectivity index (χ0n) is 13.1. The van der Waals surface area contributed by atoms with Crippen molar-refractivity contribution in [3.05, 3.63) is 41.5 Å². The molecule has 1 saturated carbocycles. The molecule has 0 spiro atoms. The van der Waals surface area contributed by atoms with Crippen LogP contribution in [0.4, 0.5) is 0 Å². The Morgan fingerprint density at radius 2 is 2.05 bits per heavy atom. The van der Waals surface area contributed by atoms with Gasteiger partial charge >= 0.3 is 0 Å². The monoisotopic (exact) mass is 283 g/mol. The van der Waals surface area contributed by atoms with Crippen LogP contribution < -0.4 is 4.74 Å². The molecular weight excluding hydrogens is 258 g/mol. The van der Waals surface area contributed by atoms with Crippen LogP contribution in [0.25, 0.3) is 0 Å². The summed E-state index contributed by atoms with van der Waals surface area (Å²) in [7, 11) is 1.64. The Morgan fingerprint density at radius 1 is 1.29 bits per heavy atom. The van der Waals surface area contributed by atoms with Crippen LogP contribution in [0.5, 0.6) is 5.75 Å². The van der Waals surface area contributed by atoms with Crippen LogP contribution in [0.15, 0.2) is 30.4 Å². The minimum atomic E-state index is 0.626. The van der Waals surface area contributed by atoms with E-state index in [-0.39, 0.29) is 0 Å². The Kier molecular flexibility index (Phi) is 5.87. The molecule has 1 aromatic rings. The van der Waals surface area contributed by atoms with E-state index in [1.807, 2.05) is 6.07 Å². The molecule has 1 fully saturated rings. The van der Waals surface area contributed by atoms with Crippen molar-refractivity contribution in [3.8, 4) is 11.8 Å². The molecule has 0 atom stereocenters. The van der Waals surface area contributed by atoms with Gasteiger partial charge in [0.1, 0.15) is 11.8 Å². The number of nitriles is 1. The second-order valence-electron chi connectivity index (χ2n) is 5.94. The molecule has 1 aliphatic rings. The number of ether oxygens (including phenoxy) is 1. The van der Waals surface area contributed by atoms with Crippen molar-refractivity contribution in [1.82, 2.24) is 0 Å². The Labute approximate surface area is 128 Å². The van der Waals surface area contributed by atoms with Gasteiger partial charge in [-0.05, 0) is 75.0 Å². The predicted octanol–water partition coefficient (Wildman–Crippen LogP) is 5.20. The largest absolute Gasteiger partial charge is 0.495 e. The molecule has 0 aliphatic heterocycles. The molecule has 0 unspecified atom stereocenters. The number of hydrogen-bond donors (Lipinski definition) is 0. The van der Waals surface area contributed by atoms with Gasteiger partial charge in [-0.25, -0.2) is 0 Å². The molecule has 1 aliphatic carbocycles. The number of rotatable bonds is 5. The quantitative estimate of drug-likeness (QED) is 0.696. The smallest absolute Gasteiger partial charge is 0.136 e. The summed E-state index contributed by atoms with van der Waals surface area (Å²) in [6.45, 7) is 2.09. The normalized spacial score (nSPS) is 22.1. The number of allylic oxidation sites excluding steroid dienone is 2. The highest BCUT2D eigenvalue weighted by Crippen LogP contribution is 2.38. The lowest BCUT2D eigenvalue weighted by Crippen LogP contribution is -2.13. The van der Waals surface area contributed by atoms with Crippen molar-refractivity contribution >= 4 is 0 Å². The Morgan fingerprint density at radius 3 is 2.67 bits per heavy atom. The fraction of sp³-hybridized carbons (Fsp3) is 0.526. The fourth-order valence-corrected chi connectivity index (χ4v) is 3.34. The zero-order chi connectivity index (χ0) is 15.1. The van der Waals surface area contributed by atoms with Crippen molar-refractivity contribution in [2.75, 3.05) is 7.11 Å². The SMILES string of the molecule is CC=CCCC1CCC(c2ccc(C#N)c(OC)c2)CC1. The molecule has 0 N–H and O–H groups in total. The van der Waals surface area contributed by atoms with Crippen molar-refractivity contribution in [1.29, 1.82) is 5.26 Å². The van der Waals surface area contributed by atoms with Crippen LogP contribution in [0.1, 0.15) is 62.5 Å². The number of nitrogens with zero attached hydrogens (tertiary/aromatic N) is 1. The maximum Gasteiger partial charge on any atom is 0.136 e. The second-order valence-corrected chi connectivity index (χ2v) is 5.94. The summed E-state index contributed by atoms with van der Waals surface area (Å²) in [5.41, 5.74) is 1.96. The Bertz CT molecular complexity index is 519. The summed E-state index contributed by atoms with van der Waals surface area (Å²) >= 11 is 0. The van der Waals surface area contributed by atoms with Gasteiger partial charge in [-0.3, -0.25) is 0 Å². The van der Waals surface area contributed by atoms with E-state index in [0.29, 0.717) is 17.2 Å². The van der Waals surface area contributed by atoms with E-state index >= 15 is 0 Å². The first-order chi connectivity index (χ1) is 10.3. The van der Waals surface area contributed by atoms with Gasteiger partial charge < -0.3 is 4.74 Å². The minimum Gasteiger partial charge on any atom is -0.495 e. The van der Waals surface area contributed by atoms with Crippen LogP contribution in [-0.4, -0.2) is 7.11 Å². The summed E-state index contributed by atoms with van der Waals surface area (Å²) in [5.74, 6) is 2.23. The maximum atomic E-state index is 9.05. The van der Waals surface area contributed by atoms with Gasteiger partial charge in [0.05, 0.1) is 12.7 Å². The minimum absolute atomic E-state index is 0.626. The van der Waals surface area contributed by atoms with Gasteiger partial charge in [0, 0.05) is 0 Å². The first-order valence-electron chi connectivity index (χ1n) is 7.97. The molecular formula is C19H25NO. The average molecular weight is 283 g/mol. The summed E-state index contributed by atoms with van der Waals surface area (Å²) in [5, 5.41) is 9.05. The lowest BCUT2D eigenvalue weighted by molar-refractivity contribution is 0.311. The van der Waals surface area contributed by atoms with Crippen LogP contribution in [0.2, 0.25) is 0 Å². The maximum absolute atomic E-state index is 9.05. The lowest BCUT2D eigenvalue weighted by Gasteiger charge is -2.29. The highest BCUT2D eigenvalue weighted by atomic mass is 16.5. The van der Waals surface area contributed by atoms with Gasteiger partial charge in [0.15, 0.2) is 0 Å². The van der Waals surface area contributed by atoms with Crippen LogP contribution in [0.3, 0.4) is 0 Å². The van der Waals surface area contributed by atoms with Gasteiger partial charge in [-0.1, -0.05) is 18.2 Å². The summed E-state index contributed by atoms with van der Waals surface area (Å²) in [4.78, 5) is 0. The van der Waals surface area contributed by atoms with E-state index in [1.165, 1.54) is 44.1 Å². The van der Waals surface area contributed by atoms with Gasteiger partial charge in [0.2, 0.25) is 0 Å². The summed E-state index contributed by atoms with van der Waals surface area (Å²) in [6.07, 6.45) is 12.1. The van der Waals surface area contributed by atoms with Crippen molar-refractivity contribution < 1.29 is 4.74 Å². The number of methoxy groups -OCH3 is 1. The molecule has 0 radical (unpaired) electrons. The first-order valence-corrected chi connectivity index (χ1v) is 7.97. The average Bonchev–Trinajstić information content (AvgIpc) is 2.55. The summed E-state index contributed by atoms with van der Waals surface area (Å²) < 4.78 is 5.32. The van der Waals surface area contributed by atoms with E-state index in [0.717, 1.165) is 5.92 Å². The number of benzene rings is 1. The van der Waals surface area contributed by atoms with E-state index in [2.05, 4.69) is 37.3 Å². The summed E-state index contributed by atoms with van der Waals surface area (Å²) in [6, 6.07) is 8.24.